The van der Waals surface area contributed by atoms with E-state index in [4.69, 9.17) is 0 Å². The molecule has 0 bridgehead atoms. The highest BCUT2D eigenvalue weighted by molar-refractivity contribution is 5.99. The van der Waals surface area contributed by atoms with Crippen molar-refractivity contribution in [3.63, 3.8) is 0 Å². The van der Waals surface area contributed by atoms with E-state index in [1.165, 1.54) is 11.2 Å². The minimum absolute atomic E-state index is 0.259. The lowest BCUT2D eigenvalue weighted by atomic mass is 10.1. The third-order valence-corrected chi connectivity index (χ3v) is 3.03. The van der Waals surface area contributed by atoms with Gasteiger partial charge in [-0.15, -0.1) is 0 Å². The zero-order valence-electron chi connectivity index (χ0n) is 12.9. The fourth-order valence-electron chi connectivity index (χ4n) is 1.90. The summed E-state index contributed by atoms with van der Waals surface area (Å²) in [5.41, 5.74) is 3.03. The number of hydrazine groups is 1. The zero-order valence-corrected chi connectivity index (χ0v) is 12.9. The second-order valence-corrected chi connectivity index (χ2v) is 5.86. The first kappa shape index (κ1) is 15.7. The largest absolute Gasteiger partial charge is 0.272 e. The van der Waals surface area contributed by atoms with Crippen LogP contribution in [0, 0.1) is 0 Å². The Bertz CT molecular complexity index is 649. The number of rotatable bonds is 2. The fraction of sp³-hybridized carbons (Fsp3) is 0.235. The maximum absolute atomic E-state index is 12.7. The van der Waals surface area contributed by atoms with Crippen LogP contribution in [0.25, 0.3) is 0 Å². The highest BCUT2D eigenvalue weighted by atomic mass is 16.2. The molecule has 2 amide bonds. The van der Waals surface area contributed by atoms with Crippen LogP contribution in [0.3, 0.4) is 0 Å². The Morgan fingerprint density at radius 3 is 2.18 bits per heavy atom. The highest BCUT2D eigenvalue weighted by Crippen LogP contribution is 2.15. The molecule has 0 radical (unpaired) electrons. The highest BCUT2D eigenvalue weighted by Gasteiger charge is 2.29. The maximum Gasteiger partial charge on any atom is 0.272 e. The van der Waals surface area contributed by atoms with Crippen molar-refractivity contribution in [3.05, 3.63) is 66.0 Å². The fourth-order valence-corrected chi connectivity index (χ4v) is 1.90. The number of carbonyl (C=O) groups is 2. The molecule has 0 saturated heterocycles. The topological polar surface area (TPSA) is 62.3 Å². The molecule has 114 valence electrons. The van der Waals surface area contributed by atoms with Crippen LogP contribution in [0.5, 0.6) is 0 Å². The lowest BCUT2D eigenvalue weighted by Gasteiger charge is -2.35. The van der Waals surface area contributed by atoms with Crippen LogP contribution in [-0.2, 0) is 0 Å². The standard InChI is InChI=1S/C17H19N3O2/c1-17(2,3)20(16(22)13-8-5-4-6-9-13)19-15(21)14-10-7-11-18-12-14/h4-12H,1-3H3,(H,19,21). The van der Waals surface area contributed by atoms with E-state index in [-0.39, 0.29) is 11.8 Å². The Hall–Kier alpha value is -2.69. The second kappa shape index (κ2) is 6.39. The Morgan fingerprint density at radius 2 is 1.64 bits per heavy atom. The van der Waals surface area contributed by atoms with E-state index in [9.17, 15) is 9.59 Å². The van der Waals surface area contributed by atoms with Crippen molar-refractivity contribution < 1.29 is 9.59 Å². The number of aromatic nitrogens is 1. The molecule has 0 aliphatic rings. The monoisotopic (exact) mass is 297 g/mol. The molecule has 1 heterocycles. The number of pyridine rings is 1. The molecule has 0 fully saturated rings. The van der Waals surface area contributed by atoms with Crippen molar-refractivity contribution in [1.29, 1.82) is 0 Å². The van der Waals surface area contributed by atoms with Crippen molar-refractivity contribution in [3.8, 4) is 0 Å². The van der Waals surface area contributed by atoms with Crippen molar-refractivity contribution >= 4 is 11.8 Å². The lowest BCUT2D eigenvalue weighted by Crippen LogP contribution is -2.55. The van der Waals surface area contributed by atoms with Crippen molar-refractivity contribution in [2.24, 2.45) is 0 Å². The van der Waals surface area contributed by atoms with Gasteiger partial charge >= 0.3 is 0 Å². The normalized spacial score (nSPS) is 10.9. The Labute approximate surface area is 130 Å². The Kier molecular flexibility index (Phi) is 4.56. The van der Waals surface area contributed by atoms with Crippen LogP contribution in [0.15, 0.2) is 54.9 Å². The first-order valence-electron chi connectivity index (χ1n) is 7.00. The van der Waals surface area contributed by atoms with Gasteiger partial charge in [-0.05, 0) is 45.0 Å². The summed E-state index contributed by atoms with van der Waals surface area (Å²) in [4.78, 5) is 28.9. The van der Waals surface area contributed by atoms with Crippen LogP contribution in [0.1, 0.15) is 41.5 Å². The van der Waals surface area contributed by atoms with Crippen LogP contribution in [0.2, 0.25) is 0 Å². The maximum atomic E-state index is 12.7. The molecule has 0 saturated carbocycles. The van der Waals surface area contributed by atoms with Crippen LogP contribution >= 0.6 is 0 Å². The molecule has 0 atom stereocenters. The number of nitrogens with one attached hydrogen (secondary N) is 1. The van der Waals surface area contributed by atoms with Gasteiger partial charge < -0.3 is 0 Å². The zero-order chi connectivity index (χ0) is 16.2. The average molecular weight is 297 g/mol. The molecule has 1 N–H and O–H groups in total. The molecule has 0 aliphatic heterocycles. The van der Waals surface area contributed by atoms with Gasteiger partial charge in [0.15, 0.2) is 0 Å². The molecule has 2 rings (SSSR count). The molecule has 1 aromatic heterocycles. The Balaban J connectivity index is 2.25. The summed E-state index contributed by atoms with van der Waals surface area (Å²) >= 11 is 0. The van der Waals surface area contributed by atoms with E-state index >= 15 is 0 Å². The minimum Gasteiger partial charge on any atom is -0.267 e. The van der Waals surface area contributed by atoms with Gasteiger partial charge in [0.1, 0.15) is 0 Å². The predicted octanol–water partition coefficient (Wildman–Crippen LogP) is 2.67. The SMILES string of the molecule is CC(C)(C)N(NC(=O)c1cccnc1)C(=O)c1ccccc1. The smallest absolute Gasteiger partial charge is 0.267 e. The molecule has 22 heavy (non-hydrogen) atoms. The molecule has 2 aromatic rings. The van der Waals surface area contributed by atoms with Gasteiger partial charge in [-0.2, -0.15) is 0 Å². The summed E-state index contributed by atoms with van der Waals surface area (Å²) in [5, 5.41) is 1.34. The van der Waals surface area contributed by atoms with E-state index in [1.54, 1.807) is 42.6 Å². The number of amides is 2. The van der Waals surface area contributed by atoms with Gasteiger partial charge in [-0.1, -0.05) is 18.2 Å². The molecule has 5 heteroatoms. The van der Waals surface area contributed by atoms with Gasteiger partial charge in [0.05, 0.1) is 11.1 Å². The average Bonchev–Trinajstić information content (AvgIpc) is 2.52. The quantitative estimate of drug-likeness (QED) is 0.867. The number of carbonyl (C=O) groups excluding carboxylic acids is 2. The van der Waals surface area contributed by atoms with Gasteiger partial charge in [0.2, 0.25) is 0 Å². The van der Waals surface area contributed by atoms with Gasteiger partial charge in [0.25, 0.3) is 11.8 Å². The van der Waals surface area contributed by atoms with Crippen LogP contribution in [0.4, 0.5) is 0 Å². The summed E-state index contributed by atoms with van der Waals surface area (Å²) in [6, 6.07) is 12.2. The van der Waals surface area contributed by atoms with Gasteiger partial charge in [0, 0.05) is 18.0 Å². The van der Waals surface area contributed by atoms with Crippen molar-refractivity contribution in [2.45, 2.75) is 26.3 Å². The van der Waals surface area contributed by atoms with Crippen molar-refractivity contribution in [2.75, 3.05) is 0 Å². The summed E-state index contributed by atoms with van der Waals surface area (Å²) < 4.78 is 0. The van der Waals surface area contributed by atoms with E-state index < -0.39 is 5.54 Å². The molecular weight excluding hydrogens is 278 g/mol. The summed E-state index contributed by atoms with van der Waals surface area (Å²) in [7, 11) is 0. The summed E-state index contributed by atoms with van der Waals surface area (Å²) in [6.07, 6.45) is 3.05. The van der Waals surface area contributed by atoms with E-state index in [0.29, 0.717) is 11.1 Å². The molecule has 1 aromatic carbocycles. The van der Waals surface area contributed by atoms with E-state index in [1.807, 2.05) is 26.8 Å². The van der Waals surface area contributed by atoms with Crippen LogP contribution in [-0.4, -0.2) is 27.3 Å². The molecule has 0 spiro atoms. The van der Waals surface area contributed by atoms with Gasteiger partial charge in [-0.25, -0.2) is 5.01 Å². The number of benzene rings is 1. The first-order chi connectivity index (χ1) is 10.4. The predicted molar refractivity (Wildman–Crippen MR) is 84.1 cm³/mol. The summed E-state index contributed by atoms with van der Waals surface area (Å²) in [5.74, 6) is -0.627. The number of nitrogens with zero attached hydrogens (tertiary/aromatic N) is 2. The van der Waals surface area contributed by atoms with E-state index in [0.717, 1.165) is 0 Å². The second-order valence-electron chi connectivity index (χ2n) is 5.86. The van der Waals surface area contributed by atoms with Crippen LogP contribution < -0.4 is 5.43 Å². The first-order valence-corrected chi connectivity index (χ1v) is 7.00. The minimum atomic E-state index is -0.565. The van der Waals surface area contributed by atoms with Gasteiger partial charge in [-0.3, -0.25) is 20.0 Å². The number of hydrogen-bond donors (Lipinski definition) is 1. The van der Waals surface area contributed by atoms with E-state index in [2.05, 4.69) is 10.4 Å². The third-order valence-electron chi connectivity index (χ3n) is 3.03. The Morgan fingerprint density at radius 1 is 1.00 bits per heavy atom. The molecule has 5 nitrogen and oxygen atoms in total. The summed E-state index contributed by atoms with van der Waals surface area (Å²) in [6.45, 7) is 5.58. The molecule has 0 aliphatic carbocycles. The molecule has 0 unspecified atom stereocenters. The molecular formula is C17H19N3O2. The van der Waals surface area contributed by atoms with Crippen molar-refractivity contribution in [1.82, 2.24) is 15.4 Å². The lowest BCUT2D eigenvalue weighted by molar-refractivity contribution is 0.0358. The number of hydrogen-bond acceptors (Lipinski definition) is 3. The third kappa shape index (κ3) is 3.69.